The summed E-state index contributed by atoms with van der Waals surface area (Å²) in [5, 5.41) is 3.08. The zero-order valence-electron chi connectivity index (χ0n) is 16.8. The highest BCUT2D eigenvalue weighted by Gasteiger charge is 2.30. The van der Waals surface area contributed by atoms with Gasteiger partial charge in [0.2, 0.25) is 0 Å². The molecular formula is C24H23ClN2O3. The number of pyridine rings is 1. The monoisotopic (exact) mass is 422 g/mol. The number of ether oxygens (including phenoxy) is 1. The summed E-state index contributed by atoms with van der Waals surface area (Å²) in [6.07, 6.45) is 0.969. The van der Waals surface area contributed by atoms with Crippen molar-refractivity contribution in [2.75, 3.05) is 0 Å². The summed E-state index contributed by atoms with van der Waals surface area (Å²) in [6.45, 7) is 3.69. The van der Waals surface area contributed by atoms with Gasteiger partial charge in [0.05, 0.1) is 16.3 Å². The molecule has 2 unspecified atom stereocenters. The molecule has 1 heterocycles. The number of esters is 1. The van der Waals surface area contributed by atoms with Crippen LogP contribution in [0.25, 0.3) is 0 Å². The van der Waals surface area contributed by atoms with Crippen molar-refractivity contribution in [1.29, 1.82) is 0 Å². The molecule has 0 fully saturated rings. The molecule has 0 radical (unpaired) electrons. The van der Waals surface area contributed by atoms with Gasteiger partial charge >= 0.3 is 5.97 Å². The number of hydrogen-bond acceptors (Lipinski definition) is 4. The Morgan fingerprint density at radius 2 is 1.60 bits per heavy atom. The minimum atomic E-state index is -0.844. The highest BCUT2D eigenvalue weighted by atomic mass is 35.5. The van der Waals surface area contributed by atoms with Crippen LogP contribution in [-0.4, -0.2) is 22.9 Å². The first-order valence-electron chi connectivity index (χ1n) is 9.69. The number of rotatable bonds is 7. The van der Waals surface area contributed by atoms with E-state index in [-0.39, 0.29) is 5.92 Å². The summed E-state index contributed by atoms with van der Waals surface area (Å²) in [5.41, 5.74) is 1.71. The lowest BCUT2D eigenvalue weighted by Crippen LogP contribution is -2.45. The maximum Gasteiger partial charge on any atom is 0.329 e. The van der Waals surface area contributed by atoms with Gasteiger partial charge in [-0.1, -0.05) is 74.0 Å². The van der Waals surface area contributed by atoms with E-state index in [0.717, 1.165) is 5.56 Å². The number of aromatic nitrogens is 1. The summed E-state index contributed by atoms with van der Waals surface area (Å²) in [4.78, 5) is 30.1. The van der Waals surface area contributed by atoms with Gasteiger partial charge in [0.15, 0.2) is 6.10 Å². The van der Waals surface area contributed by atoms with E-state index in [1.165, 1.54) is 0 Å². The fraction of sp³-hybridized carbons (Fsp3) is 0.208. The molecule has 0 saturated carbocycles. The van der Waals surface area contributed by atoms with Crippen LogP contribution >= 0.6 is 11.6 Å². The summed E-state index contributed by atoms with van der Waals surface area (Å²) in [7, 11) is 0. The van der Waals surface area contributed by atoms with E-state index >= 15 is 0 Å². The molecule has 0 spiro atoms. The maximum atomic E-state index is 13.1. The Morgan fingerprint density at radius 3 is 2.23 bits per heavy atom. The van der Waals surface area contributed by atoms with Crippen molar-refractivity contribution in [3.05, 3.63) is 101 Å². The fourth-order valence-corrected chi connectivity index (χ4v) is 3.23. The molecular weight excluding hydrogens is 400 g/mol. The van der Waals surface area contributed by atoms with E-state index in [1.54, 1.807) is 42.6 Å². The van der Waals surface area contributed by atoms with Crippen LogP contribution in [0.4, 0.5) is 0 Å². The Balaban J connectivity index is 1.83. The number of nitrogens with zero attached hydrogens (tertiary/aromatic N) is 1. The number of amides is 1. The largest absolute Gasteiger partial charge is 0.449 e. The van der Waals surface area contributed by atoms with Crippen molar-refractivity contribution in [2.45, 2.75) is 26.0 Å². The molecule has 1 N–H and O–H groups in total. The van der Waals surface area contributed by atoms with Crippen LogP contribution < -0.4 is 5.32 Å². The van der Waals surface area contributed by atoms with E-state index in [9.17, 15) is 9.59 Å². The first-order chi connectivity index (χ1) is 14.5. The van der Waals surface area contributed by atoms with Crippen molar-refractivity contribution in [2.24, 2.45) is 5.92 Å². The Hall–Kier alpha value is -3.18. The van der Waals surface area contributed by atoms with E-state index in [2.05, 4.69) is 10.3 Å². The molecule has 1 aromatic heterocycles. The molecule has 5 nitrogen and oxygen atoms in total. The molecule has 6 heteroatoms. The van der Waals surface area contributed by atoms with Crippen LogP contribution in [0.5, 0.6) is 0 Å². The molecule has 2 aromatic carbocycles. The molecule has 3 aromatic rings. The average Bonchev–Trinajstić information content (AvgIpc) is 2.76. The lowest BCUT2D eigenvalue weighted by Gasteiger charge is -2.25. The van der Waals surface area contributed by atoms with Gasteiger partial charge in [0, 0.05) is 6.20 Å². The Kier molecular flexibility index (Phi) is 7.20. The summed E-state index contributed by atoms with van der Waals surface area (Å²) >= 11 is 6.12. The minimum absolute atomic E-state index is 0.191. The Morgan fingerprint density at radius 1 is 0.933 bits per heavy atom. The normalized spacial score (nSPS) is 12.8. The van der Waals surface area contributed by atoms with Crippen molar-refractivity contribution >= 4 is 23.5 Å². The zero-order valence-corrected chi connectivity index (χ0v) is 17.5. The predicted molar refractivity (Wildman–Crippen MR) is 116 cm³/mol. The van der Waals surface area contributed by atoms with Crippen LogP contribution in [0, 0.1) is 5.92 Å². The quantitative estimate of drug-likeness (QED) is 0.554. The zero-order chi connectivity index (χ0) is 21.5. The van der Waals surface area contributed by atoms with Gasteiger partial charge in [-0.05, 0) is 35.7 Å². The van der Waals surface area contributed by atoms with Crippen molar-refractivity contribution < 1.29 is 14.3 Å². The lowest BCUT2D eigenvalue weighted by molar-refractivity contribution is -0.151. The van der Waals surface area contributed by atoms with Crippen LogP contribution in [0.15, 0.2) is 79.0 Å². The average molecular weight is 423 g/mol. The van der Waals surface area contributed by atoms with Crippen LogP contribution in [0.1, 0.15) is 41.6 Å². The first-order valence-corrected chi connectivity index (χ1v) is 10.1. The van der Waals surface area contributed by atoms with Gasteiger partial charge in [-0.25, -0.2) is 4.79 Å². The molecule has 0 aliphatic carbocycles. The minimum Gasteiger partial charge on any atom is -0.449 e. The smallest absolute Gasteiger partial charge is 0.329 e. The number of carbonyl (C=O) groups is 2. The van der Waals surface area contributed by atoms with Gasteiger partial charge in [-0.15, -0.1) is 0 Å². The van der Waals surface area contributed by atoms with Crippen molar-refractivity contribution in [3.8, 4) is 0 Å². The molecule has 0 saturated heterocycles. The summed E-state index contributed by atoms with van der Waals surface area (Å²) in [5.74, 6) is -1.15. The van der Waals surface area contributed by atoms with E-state index in [0.29, 0.717) is 16.3 Å². The fourth-order valence-electron chi connectivity index (χ4n) is 3.01. The van der Waals surface area contributed by atoms with Crippen molar-refractivity contribution in [3.63, 3.8) is 0 Å². The highest BCUT2D eigenvalue weighted by molar-refractivity contribution is 6.33. The third-order valence-electron chi connectivity index (χ3n) is 4.62. The number of carbonyl (C=O) groups excluding carboxylic acids is 2. The maximum absolute atomic E-state index is 13.1. The second-order valence-electron chi connectivity index (χ2n) is 7.16. The second kappa shape index (κ2) is 10.0. The lowest BCUT2D eigenvalue weighted by atomic mass is 10.0. The standard InChI is InChI=1S/C24H23ClN2O3/c1-16(2)21(27-23(28)18-12-6-7-13-19(18)25)24(29)30-22(17-10-4-3-5-11-17)20-14-8-9-15-26-20/h3-16,21-22H,1-2H3,(H,27,28). The molecule has 3 rings (SSSR count). The number of nitrogens with one attached hydrogen (secondary N) is 1. The molecule has 1 amide bonds. The van der Waals surface area contributed by atoms with Gasteiger partial charge in [-0.3, -0.25) is 9.78 Å². The van der Waals surface area contributed by atoms with Crippen LogP contribution in [0.2, 0.25) is 5.02 Å². The van der Waals surface area contributed by atoms with E-state index < -0.39 is 24.0 Å². The van der Waals surface area contributed by atoms with Gasteiger partial charge < -0.3 is 10.1 Å². The van der Waals surface area contributed by atoms with Crippen LogP contribution in [0.3, 0.4) is 0 Å². The van der Waals surface area contributed by atoms with Gasteiger partial charge in [-0.2, -0.15) is 0 Å². The predicted octanol–water partition coefficient (Wildman–Crippen LogP) is 4.82. The Labute approximate surface area is 181 Å². The molecule has 0 bridgehead atoms. The molecule has 30 heavy (non-hydrogen) atoms. The van der Waals surface area contributed by atoms with Gasteiger partial charge in [0.25, 0.3) is 5.91 Å². The molecule has 154 valence electrons. The van der Waals surface area contributed by atoms with Crippen molar-refractivity contribution in [1.82, 2.24) is 10.3 Å². The van der Waals surface area contributed by atoms with Gasteiger partial charge in [0.1, 0.15) is 6.04 Å². The van der Waals surface area contributed by atoms with Crippen LogP contribution in [-0.2, 0) is 9.53 Å². The Bertz CT molecular complexity index is 954. The summed E-state index contributed by atoms with van der Waals surface area (Å²) in [6, 6.07) is 20.7. The molecule has 0 aliphatic rings. The third kappa shape index (κ3) is 5.24. The van der Waals surface area contributed by atoms with E-state index in [4.69, 9.17) is 16.3 Å². The number of halogens is 1. The summed E-state index contributed by atoms with van der Waals surface area (Å²) < 4.78 is 5.86. The molecule has 2 atom stereocenters. The number of benzene rings is 2. The number of hydrogen-bond donors (Lipinski definition) is 1. The topological polar surface area (TPSA) is 68.3 Å². The highest BCUT2D eigenvalue weighted by Crippen LogP contribution is 2.25. The molecule has 0 aliphatic heterocycles. The van der Waals surface area contributed by atoms with E-state index in [1.807, 2.05) is 50.2 Å². The SMILES string of the molecule is CC(C)C(NC(=O)c1ccccc1Cl)C(=O)OC(c1ccccc1)c1ccccn1. The first kappa shape index (κ1) is 21.5. The second-order valence-corrected chi connectivity index (χ2v) is 7.56. The third-order valence-corrected chi connectivity index (χ3v) is 4.95.